The van der Waals surface area contributed by atoms with E-state index in [1.165, 1.54) is 0 Å². The second-order valence-electron chi connectivity index (χ2n) is 3.34. The van der Waals surface area contributed by atoms with Gasteiger partial charge < -0.3 is 0 Å². The molecular weight excluding hydrogens is 227 g/mol. The van der Waals surface area contributed by atoms with Gasteiger partial charge in [0, 0.05) is 10.9 Å². The molecule has 2 aromatic rings. The highest BCUT2D eigenvalue weighted by Gasteiger charge is 1.99. The molecule has 0 heterocycles. The van der Waals surface area contributed by atoms with E-state index in [2.05, 4.69) is 12.1 Å². The minimum absolute atomic E-state index is 0.536. The molecule has 0 bridgehead atoms. The van der Waals surface area contributed by atoms with Crippen LogP contribution >= 0.6 is 23.2 Å². The maximum atomic E-state index is 5.94. The molecule has 0 saturated heterocycles. The number of benzene rings is 2. The third-order valence-electron chi connectivity index (χ3n) is 2.24. The monoisotopic (exact) mass is 236 g/mol. The lowest BCUT2D eigenvalue weighted by molar-refractivity contribution is 1.40. The molecular formula is C13H10Cl2. The van der Waals surface area contributed by atoms with Crippen molar-refractivity contribution >= 4 is 23.2 Å². The van der Waals surface area contributed by atoms with Gasteiger partial charge in [-0.15, -0.1) is 11.6 Å². The molecule has 2 heteroatoms. The zero-order valence-electron chi connectivity index (χ0n) is 8.08. The summed E-state index contributed by atoms with van der Waals surface area (Å²) in [4.78, 5) is 0. The Bertz CT molecular complexity index is 464. The van der Waals surface area contributed by atoms with E-state index in [0.717, 1.165) is 21.7 Å². The van der Waals surface area contributed by atoms with Gasteiger partial charge in [0.25, 0.3) is 0 Å². The van der Waals surface area contributed by atoms with Gasteiger partial charge in [-0.2, -0.15) is 0 Å². The smallest absolute Gasteiger partial charge is 0.0474 e. The van der Waals surface area contributed by atoms with Crippen LogP contribution in [0.2, 0.25) is 5.02 Å². The predicted molar refractivity (Wildman–Crippen MR) is 66.4 cm³/mol. The van der Waals surface area contributed by atoms with Crippen LogP contribution in [0.5, 0.6) is 0 Å². The first-order valence-electron chi connectivity index (χ1n) is 4.70. The fourth-order valence-electron chi connectivity index (χ4n) is 1.50. The second-order valence-corrected chi connectivity index (χ2v) is 4.05. The van der Waals surface area contributed by atoms with Crippen molar-refractivity contribution in [2.24, 2.45) is 0 Å². The fraction of sp³-hybridized carbons (Fsp3) is 0.0769. The molecule has 0 radical (unpaired) electrons. The van der Waals surface area contributed by atoms with Crippen molar-refractivity contribution in [1.82, 2.24) is 0 Å². The molecule has 0 aliphatic heterocycles. The Hall–Kier alpha value is -0.980. The molecule has 0 spiro atoms. The van der Waals surface area contributed by atoms with E-state index >= 15 is 0 Å². The second kappa shape index (κ2) is 4.69. The first-order valence-corrected chi connectivity index (χ1v) is 5.62. The van der Waals surface area contributed by atoms with Gasteiger partial charge in [-0.25, -0.2) is 0 Å². The average Bonchev–Trinajstić information content (AvgIpc) is 2.29. The van der Waals surface area contributed by atoms with Crippen molar-refractivity contribution in [3.8, 4) is 11.1 Å². The molecule has 0 aliphatic rings. The molecule has 0 aliphatic carbocycles. The molecule has 0 amide bonds. The minimum atomic E-state index is 0.536. The Labute approximate surface area is 99.5 Å². The number of rotatable bonds is 2. The van der Waals surface area contributed by atoms with Crippen molar-refractivity contribution in [2.75, 3.05) is 0 Å². The maximum Gasteiger partial charge on any atom is 0.0474 e. The third-order valence-corrected chi connectivity index (χ3v) is 2.78. The van der Waals surface area contributed by atoms with Crippen LogP contribution in [0.15, 0.2) is 48.5 Å². The van der Waals surface area contributed by atoms with E-state index in [1.54, 1.807) is 0 Å². The van der Waals surface area contributed by atoms with Crippen molar-refractivity contribution < 1.29 is 0 Å². The Morgan fingerprint density at radius 3 is 2.20 bits per heavy atom. The topological polar surface area (TPSA) is 0 Å². The highest BCUT2D eigenvalue weighted by molar-refractivity contribution is 6.30. The van der Waals surface area contributed by atoms with Gasteiger partial charge in [0.1, 0.15) is 0 Å². The van der Waals surface area contributed by atoms with Gasteiger partial charge in [0.15, 0.2) is 0 Å². The van der Waals surface area contributed by atoms with Gasteiger partial charge in [-0.05, 0) is 34.9 Å². The van der Waals surface area contributed by atoms with Gasteiger partial charge >= 0.3 is 0 Å². The van der Waals surface area contributed by atoms with Crippen LogP contribution in [-0.2, 0) is 5.88 Å². The first-order chi connectivity index (χ1) is 7.29. The van der Waals surface area contributed by atoms with Crippen molar-refractivity contribution in [3.05, 3.63) is 59.1 Å². The summed E-state index contributed by atoms with van der Waals surface area (Å²) in [6, 6.07) is 16.0. The molecule has 15 heavy (non-hydrogen) atoms. The SMILES string of the molecule is ClCc1cccc(-c2cccc(Cl)c2)c1. The van der Waals surface area contributed by atoms with Crippen LogP contribution in [0.25, 0.3) is 11.1 Å². The summed E-state index contributed by atoms with van der Waals surface area (Å²) < 4.78 is 0. The summed E-state index contributed by atoms with van der Waals surface area (Å²) in [5.74, 6) is 0.536. The number of halogens is 2. The molecule has 0 atom stereocenters. The molecule has 2 aromatic carbocycles. The minimum Gasteiger partial charge on any atom is -0.122 e. The summed E-state index contributed by atoms with van der Waals surface area (Å²) >= 11 is 11.7. The van der Waals surface area contributed by atoms with Gasteiger partial charge in [-0.1, -0.05) is 41.9 Å². The van der Waals surface area contributed by atoms with E-state index in [1.807, 2.05) is 36.4 Å². The van der Waals surface area contributed by atoms with E-state index < -0.39 is 0 Å². The van der Waals surface area contributed by atoms with E-state index in [0.29, 0.717) is 5.88 Å². The Balaban J connectivity index is 2.44. The highest BCUT2D eigenvalue weighted by atomic mass is 35.5. The van der Waals surface area contributed by atoms with Crippen LogP contribution in [0.1, 0.15) is 5.56 Å². The zero-order valence-corrected chi connectivity index (χ0v) is 9.59. The number of hydrogen-bond donors (Lipinski definition) is 0. The Kier molecular flexibility index (Phi) is 3.30. The van der Waals surface area contributed by atoms with E-state index in [-0.39, 0.29) is 0 Å². The summed E-state index contributed by atoms with van der Waals surface area (Å²) in [6.45, 7) is 0. The first kappa shape index (κ1) is 10.5. The van der Waals surface area contributed by atoms with Crippen molar-refractivity contribution in [1.29, 1.82) is 0 Å². The van der Waals surface area contributed by atoms with Gasteiger partial charge in [0.05, 0.1) is 0 Å². The Morgan fingerprint density at radius 2 is 1.53 bits per heavy atom. The summed E-state index contributed by atoms with van der Waals surface area (Å²) in [5, 5.41) is 0.753. The number of hydrogen-bond acceptors (Lipinski definition) is 0. The Morgan fingerprint density at radius 1 is 0.867 bits per heavy atom. The molecule has 0 fully saturated rings. The predicted octanol–water partition coefficient (Wildman–Crippen LogP) is 4.75. The zero-order chi connectivity index (χ0) is 10.7. The molecule has 2 rings (SSSR count). The molecule has 0 aromatic heterocycles. The third kappa shape index (κ3) is 2.53. The van der Waals surface area contributed by atoms with E-state index in [9.17, 15) is 0 Å². The largest absolute Gasteiger partial charge is 0.122 e. The van der Waals surface area contributed by atoms with Crippen LogP contribution < -0.4 is 0 Å². The standard InChI is InChI=1S/C13H10Cl2/c14-9-10-3-1-4-11(7-10)12-5-2-6-13(15)8-12/h1-8H,9H2. The van der Waals surface area contributed by atoms with Crippen molar-refractivity contribution in [3.63, 3.8) is 0 Å². The van der Waals surface area contributed by atoms with E-state index in [4.69, 9.17) is 23.2 Å². The summed E-state index contributed by atoms with van der Waals surface area (Å²) in [6.07, 6.45) is 0. The quantitative estimate of drug-likeness (QED) is 0.661. The van der Waals surface area contributed by atoms with Crippen LogP contribution in [0.3, 0.4) is 0 Å². The number of alkyl halides is 1. The fourth-order valence-corrected chi connectivity index (χ4v) is 1.86. The molecule has 0 saturated carbocycles. The highest BCUT2D eigenvalue weighted by Crippen LogP contribution is 2.23. The van der Waals surface area contributed by atoms with Gasteiger partial charge in [-0.3, -0.25) is 0 Å². The van der Waals surface area contributed by atoms with Crippen LogP contribution in [-0.4, -0.2) is 0 Å². The van der Waals surface area contributed by atoms with Crippen molar-refractivity contribution in [2.45, 2.75) is 5.88 Å². The van der Waals surface area contributed by atoms with Crippen LogP contribution in [0.4, 0.5) is 0 Å². The lowest BCUT2D eigenvalue weighted by Crippen LogP contribution is -1.81. The molecule has 76 valence electrons. The van der Waals surface area contributed by atoms with Gasteiger partial charge in [0.2, 0.25) is 0 Å². The maximum absolute atomic E-state index is 5.94. The summed E-state index contributed by atoms with van der Waals surface area (Å²) in [5.41, 5.74) is 3.39. The molecule has 0 N–H and O–H groups in total. The lowest BCUT2D eigenvalue weighted by Gasteiger charge is -2.03. The molecule has 0 unspecified atom stereocenters. The summed E-state index contributed by atoms with van der Waals surface area (Å²) in [7, 11) is 0. The normalized spacial score (nSPS) is 10.3. The lowest BCUT2D eigenvalue weighted by atomic mass is 10.0. The van der Waals surface area contributed by atoms with Crippen LogP contribution in [0, 0.1) is 0 Å². The molecule has 0 nitrogen and oxygen atoms in total. The average molecular weight is 237 g/mol.